The number of nitrogens with zero attached hydrogens (tertiary/aromatic N) is 1. The maximum atomic E-state index is 12.4. The van der Waals surface area contributed by atoms with Crippen LogP contribution in [0.5, 0.6) is 0 Å². The summed E-state index contributed by atoms with van der Waals surface area (Å²) in [5.74, 6) is 0. The summed E-state index contributed by atoms with van der Waals surface area (Å²) in [4.78, 5) is 5.27. The molecule has 12 heavy (non-hydrogen) atoms. The molecule has 4 heteroatoms. The van der Waals surface area contributed by atoms with Crippen molar-refractivity contribution < 1.29 is 4.39 Å². The van der Waals surface area contributed by atoms with Crippen molar-refractivity contribution >= 4 is 16.5 Å². The minimum Gasteiger partial charge on any atom is -0.361 e. The fourth-order valence-corrected chi connectivity index (χ4v) is 1.50. The predicted octanol–water partition coefficient (Wildman–Crippen LogP) is 2.61. The zero-order valence-electron chi connectivity index (χ0n) is 7.30. The minimum atomic E-state index is -0.737. The summed E-state index contributed by atoms with van der Waals surface area (Å²) in [6.07, 6.45) is 1.61. The summed E-state index contributed by atoms with van der Waals surface area (Å²) in [5, 5.41) is 3.95. The first-order chi connectivity index (χ1) is 5.68. The number of nitrogens with one attached hydrogen (secondary N) is 1. The molecule has 2 nitrogen and oxygen atoms in total. The highest BCUT2D eigenvalue weighted by molar-refractivity contribution is 7.15. The Labute approximate surface area is 75.8 Å². The van der Waals surface area contributed by atoms with Gasteiger partial charge in [-0.05, 0) is 20.3 Å². The standard InChI is InChI=1S/C8H13FN2S/c1-6(9)3-4-10-8-11-5-7(2)12-8/h5-6H,3-4H2,1-2H3,(H,10,11). The third-order valence-corrected chi connectivity index (χ3v) is 2.31. The molecule has 1 aromatic rings. The van der Waals surface area contributed by atoms with E-state index in [0.29, 0.717) is 13.0 Å². The van der Waals surface area contributed by atoms with E-state index in [9.17, 15) is 4.39 Å². The van der Waals surface area contributed by atoms with Crippen LogP contribution in [-0.2, 0) is 0 Å². The smallest absolute Gasteiger partial charge is 0.182 e. The molecule has 0 radical (unpaired) electrons. The Morgan fingerprint density at radius 3 is 3.00 bits per heavy atom. The molecule has 0 saturated heterocycles. The van der Waals surface area contributed by atoms with Crippen molar-refractivity contribution in [2.24, 2.45) is 0 Å². The van der Waals surface area contributed by atoms with Gasteiger partial charge in [-0.2, -0.15) is 0 Å². The van der Waals surface area contributed by atoms with E-state index in [1.165, 1.54) is 4.88 Å². The molecule has 1 heterocycles. The van der Waals surface area contributed by atoms with Crippen LogP contribution in [0.15, 0.2) is 6.20 Å². The summed E-state index contributed by atoms with van der Waals surface area (Å²) < 4.78 is 12.4. The quantitative estimate of drug-likeness (QED) is 0.785. The Kier molecular flexibility index (Phi) is 3.47. The fraction of sp³-hybridized carbons (Fsp3) is 0.625. The van der Waals surface area contributed by atoms with Gasteiger partial charge in [-0.15, -0.1) is 11.3 Å². The van der Waals surface area contributed by atoms with Gasteiger partial charge < -0.3 is 5.32 Å². The van der Waals surface area contributed by atoms with Crippen LogP contribution in [-0.4, -0.2) is 17.7 Å². The second-order valence-electron chi connectivity index (χ2n) is 2.77. The van der Waals surface area contributed by atoms with Gasteiger partial charge in [-0.3, -0.25) is 0 Å². The van der Waals surface area contributed by atoms with Gasteiger partial charge in [0.05, 0.1) is 6.17 Å². The van der Waals surface area contributed by atoms with Crippen LogP contribution in [0.2, 0.25) is 0 Å². The van der Waals surface area contributed by atoms with Gasteiger partial charge in [0.25, 0.3) is 0 Å². The molecular weight excluding hydrogens is 175 g/mol. The van der Waals surface area contributed by atoms with Gasteiger partial charge in [0.2, 0.25) is 0 Å². The van der Waals surface area contributed by atoms with Gasteiger partial charge in [-0.25, -0.2) is 9.37 Å². The average molecular weight is 188 g/mol. The van der Waals surface area contributed by atoms with Crippen LogP contribution in [0.1, 0.15) is 18.2 Å². The maximum Gasteiger partial charge on any atom is 0.182 e. The predicted molar refractivity (Wildman–Crippen MR) is 50.5 cm³/mol. The Bertz CT molecular complexity index is 235. The van der Waals surface area contributed by atoms with Gasteiger partial charge in [-0.1, -0.05) is 0 Å². The Balaban J connectivity index is 2.24. The molecule has 1 unspecified atom stereocenters. The highest BCUT2D eigenvalue weighted by Crippen LogP contribution is 2.16. The number of thiazole rings is 1. The third kappa shape index (κ3) is 3.17. The number of hydrogen-bond donors (Lipinski definition) is 1. The molecular formula is C8H13FN2S. The first-order valence-electron chi connectivity index (χ1n) is 3.99. The molecule has 68 valence electrons. The van der Waals surface area contributed by atoms with E-state index in [4.69, 9.17) is 0 Å². The number of hydrogen-bond acceptors (Lipinski definition) is 3. The molecule has 0 fully saturated rings. The zero-order valence-corrected chi connectivity index (χ0v) is 8.12. The van der Waals surface area contributed by atoms with E-state index in [-0.39, 0.29) is 0 Å². The molecule has 1 atom stereocenters. The fourth-order valence-electron chi connectivity index (χ4n) is 0.814. The van der Waals surface area contributed by atoms with Crippen molar-refractivity contribution in [3.05, 3.63) is 11.1 Å². The van der Waals surface area contributed by atoms with Crippen LogP contribution >= 0.6 is 11.3 Å². The SMILES string of the molecule is Cc1cnc(NCCC(C)F)s1. The van der Waals surface area contributed by atoms with E-state index >= 15 is 0 Å². The molecule has 0 aliphatic rings. The van der Waals surface area contributed by atoms with Crippen molar-refractivity contribution in [3.8, 4) is 0 Å². The Morgan fingerprint density at radius 1 is 1.75 bits per heavy atom. The number of aromatic nitrogens is 1. The second-order valence-corrected chi connectivity index (χ2v) is 4.01. The Morgan fingerprint density at radius 2 is 2.50 bits per heavy atom. The second kappa shape index (κ2) is 4.40. The van der Waals surface area contributed by atoms with E-state index in [1.807, 2.05) is 13.1 Å². The Hall–Kier alpha value is -0.640. The van der Waals surface area contributed by atoms with Gasteiger partial charge in [0.1, 0.15) is 0 Å². The lowest BCUT2D eigenvalue weighted by molar-refractivity contribution is 0.348. The van der Waals surface area contributed by atoms with Crippen molar-refractivity contribution in [3.63, 3.8) is 0 Å². The number of rotatable bonds is 4. The molecule has 0 aliphatic heterocycles. The molecule has 0 aliphatic carbocycles. The molecule has 0 saturated carbocycles. The highest BCUT2D eigenvalue weighted by Gasteiger charge is 1.99. The van der Waals surface area contributed by atoms with Crippen LogP contribution < -0.4 is 5.32 Å². The first-order valence-corrected chi connectivity index (χ1v) is 4.80. The molecule has 1 rings (SSSR count). The minimum absolute atomic E-state index is 0.540. The van der Waals surface area contributed by atoms with E-state index in [0.717, 1.165) is 5.13 Å². The van der Waals surface area contributed by atoms with Crippen LogP contribution in [0, 0.1) is 6.92 Å². The number of halogens is 1. The summed E-state index contributed by atoms with van der Waals surface area (Å²) in [6.45, 7) is 4.22. The molecule has 1 aromatic heterocycles. The average Bonchev–Trinajstić information content (AvgIpc) is 2.35. The number of alkyl halides is 1. The van der Waals surface area contributed by atoms with Crippen molar-refractivity contribution in [2.45, 2.75) is 26.4 Å². The summed E-state index contributed by atoms with van der Waals surface area (Å²) >= 11 is 1.59. The van der Waals surface area contributed by atoms with Gasteiger partial charge in [0.15, 0.2) is 5.13 Å². The highest BCUT2D eigenvalue weighted by atomic mass is 32.1. The van der Waals surface area contributed by atoms with E-state index in [1.54, 1.807) is 18.3 Å². The lowest BCUT2D eigenvalue weighted by atomic mass is 10.3. The van der Waals surface area contributed by atoms with E-state index < -0.39 is 6.17 Å². The van der Waals surface area contributed by atoms with Crippen molar-refractivity contribution in [1.29, 1.82) is 0 Å². The lowest BCUT2D eigenvalue weighted by Crippen LogP contribution is -2.06. The van der Waals surface area contributed by atoms with Crippen LogP contribution in [0.25, 0.3) is 0 Å². The number of aryl methyl sites for hydroxylation is 1. The summed E-state index contributed by atoms with van der Waals surface area (Å²) in [5.41, 5.74) is 0. The van der Waals surface area contributed by atoms with Crippen molar-refractivity contribution in [1.82, 2.24) is 4.98 Å². The summed E-state index contributed by atoms with van der Waals surface area (Å²) in [7, 11) is 0. The van der Waals surface area contributed by atoms with Crippen LogP contribution in [0.3, 0.4) is 0 Å². The van der Waals surface area contributed by atoms with Gasteiger partial charge in [0, 0.05) is 17.6 Å². The lowest BCUT2D eigenvalue weighted by Gasteiger charge is -2.02. The summed E-state index contributed by atoms with van der Waals surface area (Å²) in [6, 6.07) is 0. The first kappa shape index (κ1) is 9.45. The molecule has 0 spiro atoms. The monoisotopic (exact) mass is 188 g/mol. The zero-order chi connectivity index (χ0) is 8.97. The normalized spacial score (nSPS) is 12.9. The third-order valence-electron chi connectivity index (χ3n) is 1.44. The molecule has 0 amide bonds. The molecule has 1 N–H and O–H groups in total. The van der Waals surface area contributed by atoms with Crippen molar-refractivity contribution in [2.75, 3.05) is 11.9 Å². The van der Waals surface area contributed by atoms with Crippen LogP contribution in [0.4, 0.5) is 9.52 Å². The topological polar surface area (TPSA) is 24.9 Å². The van der Waals surface area contributed by atoms with E-state index in [2.05, 4.69) is 10.3 Å². The molecule has 0 bridgehead atoms. The molecule has 0 aromatic carbocycles. The number of anilines is 1. The largest absolute Gasteiger partial charge is 0.361 e. The maximum absolute atomic E-state index is 12.4. The van der Waals surface area contributed by atoms with Gasteiger partial charge >= 0.3 is 0 Å².